The number of carboxylic acid groups (broad SMARTS) is 1. The van der Waals surface area contributed by atoms with E-state index in [4.69, 9.17) is 9.84 Å². The minimum Gasteiger partial charge on any atom is -0.450 e. The van der Waals surface area contributed by atoms with E-state index in [-0.39, 0.29) is 6.10 Å². The molecule has 0 radical (unpaired) electrons. The second-order valence-electron chi connectivity index (χ2n) is 11.5. The summed E-state index contributed by atoms with van der Waals surface area (Å²) in [6, 6.07) is 0. The van der Waals surface area contributed by atoms with Crippen LogP contribution in [0.2, 0.25) is 0 Å². The summed E-state index contributed by atoms with van der Waals surface area (Å²) in [6.07, 6.45) is 37.6. The topological polar surface area (TPSA) is 49.8 Å². The van der Waals surface area contributed by atoms with Crippen LogP contribution >= 0.6 is 0 Å². The standard InChI is InChI=1S/C34H65NO3/c1-4-5-6-7-8-9-10-11-12-13-15-18-21-24-27-30-33(38-34(36)37)31-28-25-22-19-16-14-17-20-23-26-29-32-35(2)3/h8-9,11-12,33H,4-7,10,13-32H2,1-3H3,(H,36,37). The van der Waals surface area contributed by atoms with Crippen LogP contribution in [0.3, 0.4) is 0 Å². The lowest BCUT2D eigenvalue weighted by Gasteiger charge is -2.16. The van der Waals surface area contributed by atoms with Crippen molar-refractivity contribution in [2.24, 2.45) is 0 Å². The average molecular weight is 536 g/mol. The molecule has 1 N–H and O–H groups in total. The second kappa shape index (κ2) is 30.3. The Labute approximate surface area is 237 Å². The number of unbranched alkanes of at least 4 members (excludes halogenated alkanes) is 18. The van der Waals surface area contributed by atoms with Crippen molar-refractivity contribution < 1.29 is 14.6 Å². The molecule has 4 nitrogen and oxygen atoms in total. The van der Waals surface area contributed by atoms with Gasteiger partial charge in [0.05, 0.1) is 0 Å². The van der Waals surface area contributed by atoms with E-state index in [1.54, 1.807) is 0 Å². The summed E-state index contributed by atoms with van der Waals surface area (Å²) in [5, 5.41) is 9.09. The molecule has 1 unspecified atom stereocenters. The van der Waals surface area contributed by atoms with E-state index in [9.17, 15) is 4.79 Å². The maximum absolute atomic E-state index is 11.1. The molecule has 0 fully saturated rings. The van der Waals surface area contributed by atoms with E-state index in [2.05, 4.69) is 50.2 Å². The zero-order valence-electron chi connectivity index (χ0n) is 25.8. The fourth-order valence-corrected chi connectivity index (χ4v) is 4.98. The van der Waals surface area contributed by atoms with E-state index in [0.717, 1.165) is 32.1 Å². The van der Waals surface area contributed by atoms with Crippen LogP contribution in [-0.4, -0.2) is 42.9 Å². The number of rotatable bonds is 29. The van der Waals surface area contributed by atoms with Crippen molar-refractivity contribution in [3.63, 3.8) is 0 Å². The first kappa shape index (κ1) is 36.7. The molecular weight excluding hydrogens is 470 g/mol. The molecule has 0 saturated carbocycles. The molecule has 0 aromatic rings. The predicted octanol–water partition coefficient (Wildman–Crippen LogP) is 11.1. The number of nitrogens with zero attached hydrogens (tertiary/aromatic N) is 1. The Morgan fingerprint density at radius 2 is 1.05 bits per heavy atom. The normalized spacial score (nSPS) is 12.7. The minimum atomic E-state index is -1.11. The Morgan fingerprint density at radius 1 is 0.632 bits per heavy atom. The second-order valence-corrected chi connectivity index (χ2v) is 11.5. The van der Waals surface area contributed by atoms with Gasteiger partial charge in [-0.25, -0.2) is 4.79 Å². The van der Waals surface area contributed by atoms with Crippen LogP contribution in [0.15, 0.2) is 24.3 Å². The molecular formula is C34H65NO3. The number of ether oxygens (including phenoxy) is 1. The molecule has 0 aromatic carbocycles. The predicted molar refractivity (Wildman–Crippen MR) is 166 cm³/mol. The molecule has 4 heteroatoms. The van der Waals surface area contributed by atoms with Crippen molar-refractivity contribution in [3.8, 4) is 0 Å². The highest BCUT2D eigenvalue weighted by Crippen LogP contribution is 2.18. The molecule has 224 valence electrons. The van der Waals surface area contributed by atoms with Crippen LogP contribution in [0, 0.1) is 0 Å². The van der Waals surface area contributed by atoms with Gasteiger partial charge >= 0.3 is 6.16 Å². The molecule has 0 aliphatic rings. The van der Waals surface area contributed by atoms with Gasteiger partial charge in [-0.05, 0) is 84.8 Å². The first-order valence-electron chi connectivity index (χ1n) is 16.4. The van der Waals surface area contributed by atoms with E-state index in [0.29, 0.717) is 0 Å². The summed E-state index contributed by atoms with van der Waals surface area (Å²) in [5.74, 6) is 0. The van der Waals surface area contributed by atoms with E-state index < -0.39 is 6.16 Å². The summed E-state index contributed by atoms with van der Waals surface area (Å²) >= 11 is 0. The highest BCUT2D eigenvalue weighted by atomic mass is 16.7. The maximum atomic E-state index is 11.1. The van der Waals surface area contributed by atoms with Gasteiger partial charge in [0.2, 0.25) is 0 Å². The first-order valence-corrected chi connectivity index (χ1v) is 16.4. The Bertz CT molecular complexity index is 544. The average Bonchev–Trinajstić information content (AvgIpc) is 2.88. The monoisotopic (exact) mass is 535 g/mol. The van der Waals surface area contributed by atoms with Gasteiger partial charge in [-0.1, -0.05) is 121 Å². The van der Waals surface area contributed by atoms with Crippen molar-refractivity contribution >= 4 is 6.16 Å². The van der Waals surface area contributed by atoms with Crippen LogP contribution in [0.4, 0.5) is 4.79 Å². The number of hydrogen-bond donors (Lipinski definition) is 1. The largest absolute Gasteiger partial charge is 0.506 e. The van der Waals surface area contributed by atoms with Crippen molar-refractivity contribution in [1.29, 1.82) is 0 Å². The van der Waals surface area contributed by atoms with Crippen LogP contribution in [0.1, 0.15) is 161 Å². The minimum absolute atomic E-state index is 0.113. The zero-order chi connectivity index (χ0) is 27.9. The Hall–Kier alpha value is -1.29. The van der Waals surface area contributed by atoms with Crippen molar-refractivity contribution in [3.05, 3.63) is 24.3 Å². The van der Waals surface area contributed by atoms with Gasteiger partial charge in [-0.3, -0.25) is 0 Å². The summed E-state index contributed by atoms with van der Waals surface area (Å²) in [4.78, 5) is 13.4. The molecule has 0 rings (SSSR count). The summed E-state index contributed by atoms with van der Waals surface area (Å²) in [7, 11) is 4.30. The van der Waals surface area contributed by atoms with Crippen LogP contribution in [0.5, 0.6) is 0 Å². The Kier molecular flexibility index (Phi) is 29.2. The van der Waals surface area contributed by atoms with Crippen LogP contribution in [-0.2, 0) is 4.74 Å². The summed E-state index contributed by atoms with van der Waals surface area (Å²) < 4.78 is 5.18. The zero-order valence-corrected chi connectivity index (χ0v) is 25.8. The van der Waals surface area contributed by atoms with Crippen LogP contribution in [0.25, 0.3) is 0 Å². The van der Waals surface area contributed by atoms with Gasteiger partial charge in [0, 0.05) is 0 Å². The molecule has 1 atom stereocenters. The molecule has 0 saturated heterocycles. The highest BCUT2D eigenvalue weighted by Gasteiger charge is 2.13. The molecule has 0 aliphatic heterocycles. The lowest BCUT2D eigenvalue weighted by atomic mass is 10.0. The van der Waals surface area contributed by atoms with Gasteiger partial charge in [-0.2, -0.15) is 0 Å². The number of carbonyl (C=O) groups is 1. The highest BCUT2D eigenvalue weighted by molar-refractivity contribution is 5.57. The molecule has 0 spiro atoms. The number of hydrogen-bond acceptors (Lipinski definition) is 3. The molecule has 0 aromatic heterocycles. The third-order valence-electron chi connectivity index (χ3n) is 7.38. The summed E-state index contributed by atoms with van der Waals surface area (Å²) in [6.45, 7) is 3.46. The van der Waals surface area contributed by atoms with E-state index in [1.807, 2.05) is 0 Å². The fourth-order valence-electron chi connectivity index (χ4n) is 4.98. The molecule has 0 heterocycles. The third kappa shape index (κ3) is 30.9. The molecule has 38 heavy (non-hydrogen) atoms. The van der Waals surface area contributed by atoms with Crippen molar-refractivity contribution in [2.75, 3.05) is 20.6 Å². The SMILES string of the molecule is CCCCCC=CCC=CCCCCCCCC(CCCCCCCCCCCCCN(C)C)OC(=O)O. The van der Waals surface area contributed by atoms with Crippen molar-refractivity contribution in [1.82, 2.24) is 4.90 Å². The van der Waals surface area contributed by atoms with Crippen LogP contribution < -0.4 is 0 Å². The van der Waals surface area contributed by atoms with Gasteiger partial charge in [0.15, 0.2) is 0 Å². The van der Waals surface area contributed by atoms with Gasteiger partial charge in [0.25, 0.3) is 0 Å². The Balaban J connectivity index is 3.59. The van der Waals surface area contributed by atoms with Gasteiger partial charge < -0.3 is 14.7 Å². The fraction of sp³-hybridized carbons (Fsp3) is 0.853. The molecule has 0 amide bonds. The lowest BCUT2D eigenvalue weighted by molar-refractivity contribution is 0.0422. The maximum Gasteiger partial charge on any atom is 0.506 e. The first-order chi connectivity index (χ1) is 18.6. The smallest absolute Gasteiger partial charge is 0.450 e. The lowest BCUT2D eigenvalue weighted by Crippen LogP contribution is -2.16. The molecule has 0 aliphatic carbocycles. The van der Waals surface area contributed by atoms with E-state index in [1.165, 1.54) is 129 Å². The van der Waals surface area contributed by atoms with Gasteiger partial charge in [0.1, 0.15) is 6.10 Å². The molecule has 0 bridgehead atoms. The van der Waals surface area contributed by atoms with E-state index >= 15 is 0 Å². The Morgan fingerprint density at radius 3 is 1.50 bits per heavy atom. The van der Waals surface area contributed by atoms with Crippen molar-refractivity contribution in [2.45, 2.75) is 167 Å². The third-order valence-corrected chi connectivity index (χ3v) is 7.38. The number of allylic oxidation sites excluding steroid dienone is 4. The quantitative estimate of drug-likeness (QED) is 0.0588. The van der Waals surface area contributed by atoms with Gasteiger partial charge in [-0.15, -0.1) is 0 Å². The summed E-state index contributed by atoms with van der Waals surface area (Å²) in [5.41, 5.74) is 0.